The molecule has 0 aliphatic rings. The van der Waals surface area contributed by atoms with Crippen LogP contribution < -0.4 is 10.5 Å². The highest BCUT2D eigenvalue weighted by Gasteiger charge is 2.07. The van der Waals surface area contributed by atoms with Crippen LogP contribution in [0.2, 0.25) is 0 Å². The number of anilines is 1. The van der Waals surface area contributed by atoms with E-state index in [-0.39, 0.29) is 5.82 Å². The molecule has 2 nitrogen and oxygen atoms in total. The fourth-order valence-electron chi connectivity index (χ4n) is 1.38. The summed E-state index contributed by atoms with van der Waals surface area (Å²) in [7, 11) is 1.59. The molecule has 0 fully saturated rings. The second kappa shape index (κ2) is 5.10. The Morgan fingerprint density at radius 2 is 1.88 bits per heavy atom. The van der Waals surface area contributed by atoms with Crippen molar-refractivity contribution in [2.24, 2.45) is 0 Å². The van der Waals surface area contributed by atoms with Gasteiger partial charge in [-0.1, -0.05) is 23.9 Å². The molecule has 0 unspecified atom stereocenters. The molecule has 88 valence electrons. The van der Waals surface area contributed by atoms with Gasteiger partial charge in [0.1, 0.15) is 11.6 Å². The van der Waals surface area contributed by atoms with Crippen molar-refractivity contribution < 1.29 is 9.13 Å². The zero-order valence-corrected chi connectivity index (χ0v) is 10.1. The van der Waals surface area contributed by atoms with Gasteiger partial charge in [-0.2, -0.15) is 0 Å². The number of nitrogen functional groups attached to an aromatic ring is 1. The van der Waals surface area contributed by atoms with Crippen molar-refractivity contribution >= 4 is 17.4 Å². The highest BCUT2D eigenvalue weighted by atomic mass is 32.2. The van der Waals surface area contributed by atoms with E-state index in [1.807, 2.05) is 0 Å². The van der Waals surface area contributed by atoms with E-state index in [1.165, 1.54) is 17.8 Å². The van der Waals surface area contributed by atoms with E-state index in [1.54, 1.807) is 43.5 Å². The molecular weight excluding hydrogens is 237 g/mol. The summed E-state index contributed by atoms with van der Waals surface area (Å²) >= 11 is 1.29. The Hall–Kier alpha value is -1.68. The Morgan fingerprint density at radius 3 is 2.59 bits per heavy atom. The Kier molecular flexibility index (Phi) is 3.54. The molecule has 4 heteroatoms. The summed E-state index contributed by atoms with van der Waals surface area (Å²) in [5.74, 6) is 0.456. The number of ether oxygens (including phenoxy) is 1. The van der Waals surface area contributed by atoms with Crippen LogP contribution in [-0.2, 0) is 0 Å². The molecule has 0 heterocycles. The molecule has 0 radical (unpaired) electrons. The SMILES string of the molecule is COc1ccc(N)c(Sc2ccccc2F)c1. The van der Waals surface area contributed by atoms with Gasteiger partial charge in [0.15, 0.2) is 0 Å². The molecule has 0 saturated heterocycles. The average molecular weight is 249 g/mol. The zero-order valence-electron chi connectivity index (χ0n) is 9.31. The largest absolute Gasteiger partial charge is 0.497 e. The summed E-state index contributed by atoms with van der Waals surface area (Å²) in [6.45, 7) is 0. The quantitative estimate of drug-likeness (QED) is 0.845. The second-order valence-corrected chi connectivity index (χ2v) is 4.52. The van der Waals surface area contributed by atoms with Crippen LogP contribution in [0.15, 0.2) is 52.3 Å². The van der Waals surface area contributed by atoms with E-state index in [0.29, 0.717) is 16.3 Å². The van der Waals surface area contributed by atoms with E-state index in [2.05, 4.69) is 0 Å². The van der Waals surface area contributed by atoms with Crippen LogP contribution in [0.1, 0.15) is 0 Å². The maximum Gasteiger partial charge on any atom is 0.137 e. The normalized spacial score (nSPS) is 10.2. The molecule has 0 aliphatic heterocycles. The van der Waals surface area contributed by atoms with Gasteiger partial charge in [-0.25, -0.2) is 4.39 Å². The first-order valence-electron chi connectivity index (χ1n) is 5.06. The molecule has 0 aliphatic carbocycles. The number of nitrogens with two attached hydrogens (primary N) is 1. The van der Waals surface area contributed by atoms with Crippen LogP contribution in [0.3, 0.4) is 0 Å². The molecule has 2 N–H and O–H groups in total. The molecule has 2 aromatic carbocycles. The first-order chi connectivity index (χ1) is 8.20. The van der Waals surface area contributed by atoms with E-state index in [0.717, 1.165) is 4.90 Å². The molecular formula is C13H12FNOS. The van der Waals surface area contributed by atoms with Crippen LogP contribution >= 0.6 is 11.8 Å². The molecule has 0 spiro atoms. The monoisotopic (exact) mass is 249 g/mol. The summed E-state index contributed by atoms with van der Waals surface area (Å²) in [5.41, 5.74) is 6.45. The van der Waals surface area contributed by atoms with Crippen molar-refractivity contribution in [2.75, 3.05) is 12.8 Å². The minimum atomic E-state index is -0.250. The molecule has 0 aromatic heterocycles. The number of rotatable bonds is 3. The van der Waals surface area contributed by atoms with Gasteiger partial charge in [0.2, 0.25) is 0 Å². The van der Waals surface area contributed by atoms with Crippen LogP contribution in [-0.4, -0.2) is 7.11 Å². The van der Waals surface area contributed by atoms with Crippen molar-refractivity contribution in [2.45, 2.75) is 9.79 Å². The lowest BCUT2D eigenvalue weighted by atomic mass is 10.3. The van der Waals surface area contributed by atoms with Gasteiger partial charge in [-0.05, 0) is 30.3 Å². The van der Waals surface area contributed by atoms with Crippen molar-refractivity contribution in [1.82, 2.24) is 0 Å². The van der Waals surface area contributed by atoms with Crippen molar-refractivity contribution in [3.63, 3.8) is 0 Å². The van der Waals surface area contributed by atoms with Crippen LogP contribution in [0.4, 0.5) is 10.1 Å². The summed E-state index contributed by atoms with van der Waals surface area (Å²) in [4.78, 5) is 1.34. The van der Waals surface area contributed by atoms with Gasteiger partial charge in [0.25, 0.3) is 0 Å². The minimum absolute atomic E-state index is 0.250. The standard InChI is InChI=1S/C13H12FNOS/c1-16-9-6-7-11(15)13(8-9)17-12-5-3-2-4-10(12)14/h2-8H,15H2,1H3. The number of benzene rings is 2. The molecule has 0 amide bonds. The van der Waals surface area contributed by atoms with Crippen LogP contribution in [0, 0.1) is 5.82 Å². The Balaban J connectivity index is 2.32. The minimum Gasteiger partial charge on any atom is -0.497 e. The van der Waals surface area contributed by atoms with Gasteiger partial charge >= 0.3 is 0 Å². The third kappa shape index (κ3) is 2.71. The van der Waals surface area contributed by atoms with Crippen LogP contribution in [0.5, 0.6) is 5.75 Å². The molecule has 0 saturated carbocycles. The predicted molar refractivity (Wildman–Crippen MR) is 67.9 cm³/mol. The highest BCUT2D eigenvalue weighted by Crippen LogP contribution is 2.35. The molecule has 2 rings (SSSR count). The van der Waals surface area contributed by atoms with E-state index < -0.39 is 0 Å². The lowest BCUT2D eigenvalue weighted by molar-refractivity contribution is 0.414. The Labute approximate surface area is 104 Å². The molecule has 17 heavy (non-hydrogen) atoms. The van der Waals surface area contributed by atoms with E-state index in [9.17, 15) is 4.39 Å². The Bertz CT molecular complexity index is 531. The first-order valence-corrected chi connectivity index (χ1v) is 5.88. The first kappa shape index (κ1) is 11.8. The Morgan fingerprint density at radius 1 is 1.12 bits per heavy atom. The maximum absolute atomic E-state index is 13.5. The lowest BCUT2D eigenvalue weighted by Crippen LogP contribution is -1.91. The highest BCUT2D eigenvalue weighted by molar-refractivity contribution is 7.99. The number of methoxy groups -OCH3 is 1. The van der Waals surface area contributed by atoms with Crippen LogP contribution in [0.25, 0.3) is 0 Å². The van der Waals surface area contributed by atoms with E-state index >= 15 is 0 Å². The topological polar surface area (TPSA) is 35.2 Å². The summed E-state index contributed by atoms with van der Waals surface area (Å²) in [5, 5.41) is 0. The van der Waals surface area contributed by atoms with Gasteiger partial charge in [0.05, 0.1) is 7.11 Å². The molecule has 0 atom stereocenters. The van der Waals surface area contributed by atoms with Gasteiger partial charge in [0, 0.05) is 15.5 Å². The number of hydrogen-bond donors (Lipinski definition) is 1. The zero-order chi connectivity index (χ0) is 12.3. The summed E-state index contributed by atoms with van der Waals surface area (Å²) < 4.78 is 18.6. The average Bonchev–Trinajstić information content (AvgIpc) is 2.35. The van der Waals surface area contributed by atoms with Crippen molar-refractivity contribution in [1.29, 1.82) is 0 Å². The van der Waals surface area contributed by atoms with E-state index in [4.69, 9.17) is 10.5 Å². The van der Waals surface area contributed by atoms with Gasteiger partial charge in [-0.3, -0.25) is 0 Å². The number of hydrogen-bond acceptors (Lipinski definition) is 3. The fraction of sp³-hybridized carbons (Fsp3) is 0.0769. The number of halogens is 1. The summed E-state index contributed by atoms with van der Waals surface area (Å²) in [6.07, 6.45) is 0. The molecule has 2 aromatic rings. The second-order valence-electron chi connectivity index (χ2n) is 3.44. The third-order valence-corrected chi connectivity index (χ3v) is 3.40. The lowest BCUT2D eigenvalue weighted by Gasteiger charge is -2.08. The maximum atomic E-state index is 13.5. The van der Waals surface area contributed by atoms with Gasteiger partial charge in [-0.15, -0.1) is 0 Å². The summed E-state index contributed by atoms with van der Waals surface area (Å²) in [6, 6.07) is 11.9. The third-order valence-electron chi connectivity index (χ3n) is 2.28. The van der Waals surface area contributed by atoms with Crippen molar-refractivity contribution in [3.8, 4) is 5.75 Å². The fourth-order valence-corrected chi connectivity index (χ4v) is 2.29. The molecule has 0 bridgehead atoms. The van der Waals surface area contributed by atoms with Crippen molar-refractivity contribution in [3.05, 3.63) is 48.3 Å². The predicted octanol–water partition coefficient (Wildman–Crippen LogP) is 3.57. The smallest absolute Gasteiger partial charge is 0.137 e. The van der Waals surface area contributed by atoms with Gasteiger partial charge < -0.3 is 10.5 Å².